The molecule has 1 unspecified atom stereocenters. The quantitative estimate of drug-likeness (QED) is 0.0124. The number of aryl methyl sites for hydroxylation is 2. The number of H-pyrrole nitrogens is 2. The van der Waals surface area contributed by atoms with E-state index >= 15 is 0 Å². The second-order valence-corrected chi connectivity index (χ2v) is 27.2. The number of hydrogen-bond donors (Lipinski definition) is 5. The number of aliphatic carboxylic acids is 1. The number of aromatic amines is 2. The van der Waals surface area contributed by atoms with Gasteiger partial charge in [0.1, 0.15) is 39.5 Å². The number of benzene rings is 4. The average molecular weight is 1320 g/mol. The summed E-state index contributed by atoms with van der Waals surface area (Å²) < 4.78 is 113. The summed E-state index contributed by atoms with van der Waals surface area (Å²) in [6.45, 7) is 8.68. The zero-order valence-electron chi connectivity index (χ0n) is 51.8. The Bertz CT molecular complexity index is 4220. The molecular weight excluding hydrogens is 1250 g/mol. The molecule has 0 saturated carbocycles. The van der Waals surface area contributed by atoms with E-state index in [1.807, 2.05) is 61.3 Å². The molecule has 454 valence electrons. The van der Waals surface area contributed by atoms with Crippen molar-refractivity contribution < 1.29 is 181 Å². The normalized spacial score (nSPS) is 16.5. The predicted octanol–water partition coefficient (Wildman–Crippen LogP) is -5.52. The van der Waals surface area contributed by atoms with E-state index in [0.717, 1.165) is 39.2 Å². The molecule has 0 fully saturated rings. The maximum atomic E-state index is 13.5. The molecule has 4 heterocycles. The van der Waals surface area contributed by atoms with Crippen molar-refractivity contribution in [1.29, 1.82) is 0 Å². The molecule has 90 heavy (non-hydrogen) atoms. The van der Waals surface area contributed by atoms with Crippen molar-refractivity contribution in [2.45, 2.75) is 114 Å². The van der Waals surface area contributed by atoms with Gasteiger partial charge in [-0.2, -0.15) is 31.6 Å². The Labute approximate surface area is 613 Å². The molecule has 6 N–H and O–H groups in total. The molecule has 0 spiro atoms. The van der Waals surface area contributed by atoms with Gasteiger partial charge in [-0.1, -0.05) is 63.6 Å². The third kappa shape index (κ3) is 18.7. The van der Waals surface area contributed by atoms with E-state index in [4.69, 9.17) is 10.5 Å². The van der Waals surface area contributed by atoms with Crippen LogP contribution in [0.1, 0.15) is 111 Å². The van der Waals surface area contributed by atoms with E-state index in [1.54, 1.807) is 60.8 Å². The second kappa shape index (κ2) is 32.0. The first-order valence-electron chi connectivity index (χ1n) is 28.1. The Balaban J connectivity index is 0.00000368. The molecular formula is C62H66N7Na4O14S3+. The summed E-state index contributed by atoms with van der Waals surface area (Å²) in [5.74, 6) is -2.14. The van der Waals surface area contributed by atoms with Gasteiger partial charge >= 0.3 is 118 Å². The van der Waals surface area contributed by atoms with Crippen molar-refractivity contribution in [3.05, 3.63) is 188 Å². The summed E-state index contributed by atoms with van der Waals surface area (Å²) in [5.41, 5.74) is 13.0. The number of nitrogens with two attached hydrogens (primary N) is 1. The van der Waals surface area contributed by atoms with Gasteiger partial charge in [0, 0.05) is 58.8 Å². The number of allylic oxidation sites excluding steroid dienone is 7. The molecule has 1 atom stereocenters. The molecule has 2 aromatic heterocycles. The van der Waals surface area contributed by atoms with Crippen molar-refractivity contribution in [2.75, 3.05) is 35.2 Å². The number of unbranched alkanes of at least 4 members (excludes halogenated alkanes) is 2. The number of fused-ring (bicyclic) bond motifs is 3. The number of amides is 1. The van der Waals surface area contributed by atoms with Gasteiger partial charge in [0.15, 0.2) is 5.71 Å². The number of anilines is 2. The summed E-state index contributed by atoms with van der Waals surface area (Å²) in [4.78, 5) is 49.7. The predicted molar refractivity (Wildman–Crippen MR) is 321 cm³/mol. The van der Waals surface area contributed by atoms with Gasteiger partial charge in [-0.3, -0.25) is 19.1 Å². The van der Waals surface area contributed by atoms with Gasteiger partial charge in [0.25, 0.3) is 21.6 Å². The third-order valence-corrected chi connectivity index (χ3v) is 18.4. The van der Waals surface area contributed by atoms with E-state index in [2.05, 4.69) is 44.8 Å². The Hall–Kier alpha value is -4.00. The van der Waals surface area contributed by atoms with Crippen LogP contribution >= 0.6 is 0 Å². The van der Waals surface area contributed by atoms with E-state index in [0.29, 0.717) is 96.5 Å². The zero-order valence-corrected chi connectivity index (χ0v) is 62.3. The molecule has 21 nitrogen and oxygen atoms in total. The summed E-state index contributed by atoms with van der Waals surface area (Å²) >= 11 is 0. The molecule has 0 bridgehead atoms. The summed E-state index contributed by atoms with van der Waals surface area (Å²) in [5, 5.41) is 15.6. The van der Waals surface area contributed by atoms with Crippen molar-refractivity contribution in [3.63, 3.8) is 0 Å². The van der Waals surface area contributed by atoms with Gasteiger partial charge in [-0.15, -0.1) is 6.07 Å². The third-order valence-electron chi connectivity index (χ3n) is 16.0. The molecule has 3 aliphatic rings. The molecule has 28 heteroatoms. The molecule has 9 rings (SSSR count). The first-order valence-corrected chi connectivity index (χ1v) is 32.7. The van der Waals surface area contributed by atoms with E-state index < -0.39 is 69.8 Å². The summed E-state index contributed by atoms with van der Waals surface area (Å²) in [6.07, 6.45) is 13.3. The van der Waals surface area contributed by atoms with Crippen LogP contribution in [0.4, 0.5) is 17.3 Å². The maximum Gasteiger partial charge on any atom is 1.00 e. The van der Waals surface area contributed by atoms with Gasteiger partial charge in [-0.25, -0.2) is 21.4 Å². The second-order valence-electron chi connectivity index (χ2n) is 22.7. The van der Waals surface area contributed by atoms with E-state index in [-0.39, 0.29) is 167 Å². The minimum atomic E-state index is -4.84. The van der Waals surface area contributed by atoms with Crippen LogP contribution in [0.3, 0.4) is 0 Å². The Morgan fingerprint density at radius 3 is 2.21 bits per heavy atom. The number of carboxylic acids is 1. The van der Waals surface area contributed by atoms with Gasteiger partial charge < -0.3 is 44.7 Å². The van der Waals surface area contributed by atoms with Crippen molar-refractivity contribution in [1.82, 2.24) is 20.3 Å². The monoisotopic (exact) mass is 1320 g/mol. The van der Waals surface area contributed by atoms with Crippen molar-refractivity contribution in [2.24, 2.45) is 0 Å². The number of ether oxygens (including phenoxy) is 1. The van der Waals surface area contributed by atoms with Gasteiger partial charge in [0.2, 0.25) is 5.95 Å². The molecule has 0 radical (unpaired) electrons. The standard InChI is InChI=1S/C62H69N7O14S3.4Na/c1-61(2)47-14-5-6-15-50(47)68(32-7-9-34-84(74,75)76)52(61)30-24-41-12-11-13-42(25-31-53-62(3,4)48-37-46(86(80,81)82)28-29-51(48)69(53)33-8-10-35-85(77,78)79)55(41)83-45-26-19-40(20-27-45)36-49(59(72)73)65-57(70)43-21-16-39(17-22-43)18-23-44-38-64-56-54(44)58(71)67-60(63)66-56;;;;/h6,14-17,19-22,24-31,37-38,49H,7-13,18,23,32-36H2,1-4H3,(H,65,70)(H,72,73)(H,74,75,76)(H,77,78,79)(H,80,81,82)(H4,63,64,66,67,71);;;;/q;4*+1/p-3. The van der Waals surface area contributed by atoms with E-state index in [1.165, 1.54) is 12.1 Å². The number of nitrogens with one attached hydrogen (secondary N) is 3. The zero-order chi connectivity index (χ0) is 61.9. The topological polar surface area (TPSA) is 341 Å². The van der Waals surface area contributed by atoms with Crippen LogP contribution in [0.25, 0.3) is 11.0 Å². The molecule has 6 aromatic rings. The fourth-order valence-corrected chi connectivity index (χ4v) is 13.2. The van der Waals surface area contributed by atoms with Crippen LogP contribution in [-0.4, -0.2) is 107 Å². The fourth-order valence-electron chi connectivity index (χ4n) is 11.6. The molecule has 1 aliphatic carbocycles. The summed E-state index contributed by atoms with van der Waals surface area (Å²) in [6, 6.07) is 25.1. The van der Waals surface area contributed by atoms with Gasteiger partial charge in [-0.05, 0) is 146 Å². The number of nitrogens with zero attached hydrogens (tertiary/aromatic N) is 3. The van der Waals surface area contributed by atoms with Crippen LogP contribution in [0.5, 0.6) is 5.75 Å². The first-order chi connectivity index (χ1) is 40.6. The van der Waals surface area contributed by atoms with Crippen molar-refractivity contribution >= 4 is 76.3 Å². The maximum absolute atomic E-state index is 13.5. The number of hydrogen-bond acceptors (Lipinski definition) is 16. The van der Waals surface area contributed by atoms with Crippen LogP contribution in [0.15, 0.2) is 148 Å². The number of carbonyl (C=O) groups excluding carboxylic acids is 2. The fraction of sp³-hybridized carbons (Fsp3) is 0.339. The molecule has 0 saturated heterocycles. The largest absolute Gasteiger partial charge is 1.00 e. The first kappa shape index (κ1) is 76.7. The SMILES string of the molecule is CC1(C)C(/C=C/C2=C(Oc3ccc(CC(NC(=O)c4ccc(CCc5c[nH]c6nc(N)[nH]c(=O)c56)cc4)C(=O)[O-])cc3)C(=C/C=C3/N(CCCCS(=O)(=O)[O-])c4ccc(S(=O)(=O)[O-])cc4C3(C)C)/CCC2)=[N+](CCCCS(=O)(=O)O)c2cc[c-]cc21.[Na+].[Na+].[Na+].[Na+]. The average Bonchev–Trinajstić information content (AvgIpc) is 1.62. The Morgan fingerprint density at radius 1 is 0.856 bits per heavy atom. The molecule has 4 aromatic carbocycles. The molecule has 1 amide bonds. The van der Waals surface area contributed by atoms with Crippen LogP contribution in [0, 0.1) is 6.07 Å². The number of nitrogen functional groups attached to an aromatic ring is 1. The number of aromatic nitrogens is 3. The van der Waals surface area contributed by atoms with Crippen LogP contribution in [-0.2, 0) is 65.2 Å². The number of rotatable bonds is 24. The Morgan fingerprint density at radius 2 is 1.54 bits per heavy atom. The summed E-state index contributed by atoms with van der Waals surface area (Å²) in [7, 11) is -13.5. The molecule has 2 aliphatic heterocycles. The van der Waals surface area contributed by atoms with E-state index in [9.17, 15) is 58.4 Å². The van der Waals surface area contributed by atoms with Crippen LogP contribution in [0.2, 0.25) is 0 Å². The minimum absolute atomic E-state index is 0. The minimum Gasteiger partial charge on any atom is -0.748 e. The number of carbonyl (C=O) groups is 2. The van der Waals surface area contributed by atoms with Crippen molar-refractivity contribution in [3.8, 4) is 5.75 Å². The smallest absolute Gasteiger partial charge is 0.748 e. The van der Waals surface area contributed by atoms with Gasteiger partial charge in [0.05, 0.1) is 38.2 Å². The van der Waals surface area contributed by atoms with Crippen LogP contribution < -0.4 is 150 Å². The Kier molecular flexibility index (Phi) is 27.2. The number of carboxylic acid groups (broad SMARTS) is 1.